The number of alkyl halides is 3. The summed E-state index contributed by atoms with van der Waals surface area (Å²) < 4.78 is 42.9. The Hall–Kier alpha value is -1.29. The van der Waals surface area contributed by atoms with Crippen molar-refractivity contribution in [3.05, 3.63) is 48.6 Å². The zero-order valence-electron chi connectivity index (χ0n) is 8.70. The number of ether oxygens (including phenoxy) is 1. The SMILES string of the molecule is C=CCCO[C@@H](c1ccccc1)C(F)(F)F. The topological polar surface area (TPSA) is 9.23 Å². The van der Waals surface area contributed by atoms with Crippen LogP contribution in [0.5, 0.6) is 0 Å². The molecule has 1 nitrogen and oxygen atoms in total. The van der Waals surface area contributed by atoms with E-state index in [0.717, 1.165) is 0 Å². The van der Waals surface area contributed by atoms with Gasteiger partial charge in [-0.3, -0.25) is 0 Å². The summed E-state index contributed by atoms with van der Waals surface area (Å²) in [5.74, 6) is 0. The van der Waals surface area contributed by atoms with Gasteiger partial charge in [0.2, 0.25) is 0 Å². The van der Waals surface area contributed by atoms with Crippen LogP contribution in [-0.4, -0.2) is 12.8 Å². The van der Waals surface area contributed by atoms with Crippen LogP contribution in [-0.2, 0) is 4.74 Å². The lowest BCUT2D eigenvalue weighted by molar-refractivity contribution is -0.223. The molecule has 0 radical (unpaired) electrons. The maximum atomic E-state index is 12.7. The third kappa shape index (κ3) is 3.70. The summed E-state index contributed by atoms with van der Waals surface area (Å²) in [7, 11) is 0. The average molecular weight is 230 g/mol. The van der Waals surface area contributed by atoms with E-state index in [-0.39, 0.29) is 12.2 Å². The van der Waals surface area contributed by atoms with Crippen LogP contribution < -0.4 is 0 Å². The number of benzene rings is 1. The lowest BCUT2D eigenvalue weighted by Crippen LogP contribution is -2.23. The van der Waals surface area contributed by atoms with Crippen LogP contribution >= 0.6 is 0 Å². The molecule has 0 aliphatic heterocycles. The summed E-state index contributed by atoms with van der Waals surface area (Å²) in [6, 6.07) is 7.61. The van der Waals surface area contributed by atoms with E-state index in [2.05, 4.69) is 6.58 Å². The molecule has 88 valence electrons. The fourth-order valence-corrected chi connectivity index (χ4v) is 1.28. The number of rotatable bonds is 5. The van der Waals surface area contributed by atoms with Gasteiger partial charge in [-0.1, -0.05) is 36.4 Å². The van der Waals surface area contributed by atoms with Gasteiger partial charge >= 0.3 is 6.18 Å². The summed E-state index contributed by atoms with van der Waals surface area (Å²) >= 11 is 0. The van der Waals surface area contributed by atoms with Crippen LogP contribution in [0.25, 0.3) is 0 Å². The van der Waals surface area contributed by atoms with Crippen molar-refractivity contribution in [2.24, 2.45) is 0 Å². The van der Waals surface area contributed by atoms with Crippen molar-refractivity contribution in [2.75, 3.05) is 6.61 Å². The first-order valence-electron chi connectivity index (χ1n) is 4.90. The van der Waals surface area contributed by atoms with Crippen LogP contribution in [0.3, 0.4) is 0 Å². The van der Waals surface area contributed by atoms with E-state index in [1.807, 2.05) is 0 Å². The van der Waals surface area contributed by atoms with Gasteiger partial charge in [-0.15, -0.1) is 6.58 Å². The highest BCUT2D eigenvalue weighted by Gasteiger charge is 2.41. The zero-order valence-corrected chi connectivity index (χ0v) is 8.70. The summed E-state index contributed by atoms with van der Waals surface area (Å²) in [6.45, 7) is 3.45. The second-order valence-electron chi connectivity index (χ2n) is 3.28. The minimum absolute atomic E-state index is 0.0164. The molecule has 0 spiro atoms. The Balaban J connectivity index is 2.76. The van der Waals surface area contributed by atoms with E-state index in [4.69, 9.17) is 4.74 Å². The molecule has 1 aromatic rings. The predicted molar refractivity (Wildman–Crippen MR) is 56.0 cm³/mol. The molecule has 1 aromatic carbocycles. The van der Waals surface area contributed by atoms with Crippen molar-refractivity contribution in [2.45, 2.75) is 18.7 Å². The van der Waals surface area contributed by atoms with E-state index in [0.29, 0.717) is 6.42 Å². The Morgan fingerprint density at radius 1 is 1.25 bits per heavy atom. The summed E-state index contributed by atoms with van der Waals surface area (Å²) in [6.07, 6.45) is -4.31. The molecule has 0 saturated carbocycles. The molecule has 0 amide bonds. The molecule has 0 unspecified atom stereocenters. The highest BCUT2D eigenvalue weighted by molar-refractivity contribution is 5.18. The Labute approximate surface area is 92.5 Å². The van der Waals surface area contributed by atoms with Crippen LogP contribution in [0.15, 0.2) is 43.0 Å². The van der Waals surface area contributed by atoms with Crippen molar-refractivity contribution < 1.29 is 17.9 Å². The van der Waals surface area contributed by atoms with Gasteiger partial charge < -0.3 is 4.74 Å². The van der Waals surface area contributed by atoms with E-state index < -0.39 is 12.3 Å². The molecule has 0 aromatic heterocycles. The minimum Gasteiger partial charge on any atom is -0.364 e. The monoisotopic (exact) mass is 230 g/mol. The standard InChI is InChI=1S/C12H13F3O/c1-2-3-9-16-11(12(13,14)15)10-7-5-4-6-8-10/h2,4-8,11H,1,3,9H2/t11-/m0/s1. The molecule has 0 saturated heterocycles. The third-order valence-electron chi connectivity index (χ3n) is 2.01. The fraction of sp³-hybridized carbons (Fsp3) is 0.333. The molecule has 0 heterocycles. The van der Waals surface area contributed by atoms with Crippen LogP contribution in [0, 0.1) is 0 Å². The largest absolute Gasteiger partial charge is 0.418 e. The van der Waals surface area contributed by atoms with Gasteiger partial charge in [-0.25, -0.2) is 0 Å². The molecule has 4 heteroatoms. The van der Waals surface area contributed by atoms with Crippen LogP contribution in [0.4, 0.5) is 13.2 Å². The maximum Gasteiger partial charge on any atom is 0.418 e. The van der Waals surface area contributed by atoms with Crippen molar-refractivity contribution in [1.29, 1.82) is 0 Å². The Kier molecular flexibility index (Phi) is 4.55. The summed E-state index contributed by atoms with van der Waals surface area (Å²) in [4.78, 5) is 0. The maximum absolute atomic E-state index is 12.7. The normalized spacial score (nSPS) is 13.4. The first-order valence-corrected chi connectivity index (χ1v) is 4.90. The van der Waals surface area contributed by atoms with Gasteiger partial charge in [-0.05, 0) is 12.0 Å². The highest BCUT2D eigenvalue weighted by atomic mass is 19.4. The second-order valence-corrected chi connectivity index (χ2v) is 3.28. The molecule has 1 atom stereocenters. The quantitative estimate of drug-likeness (QED) is 0.551. The molecule has 0 fully saturated rings. The molecule has 0 aliphatic carbocycles. The van der Waals surface area contributed by atoms with Crippen LogP contribution in [0.1, 0.15) is 18.1 Å². The van der Waals surface area contributed by atoms with Gasteiger partial charge in [0.15, 0.2) is 6.10 Å². The van der Waals surface area contributed by atoms with Gasteiger partial charge in [0.1, 0.15) is 0 Å². The molecule has 0 aliphatic rings. The molecule has 0 N–H and O–H groups in total. The summed E-state index contributed by atoms with van der Waals surface area (Å²) in [5.41, 5.74) is 0.124. The number of halogens is 3. The van der Waals surface area contributed by atoms with Crippen molar-refractivity contribution in [3.8, 4) is 0 Å². The molecule has 0 bridgehead atoms. The fourth-order valence-electron chi connectivity index (χ4n) is 1.28. The van der Waals surface area contributed by atoms with Crippen molar-refractivity contribution >= 4 is 0 Å². The van der Waals surface area contributed by atoms with Gasteiger partial charge in [-0.2, -0.15) is 13.2 Å². The Morgan fingerprint density at radius 2 is 1.88 bits per heavy atom. The molecule has 1 rings (SSSR count). The first kappa shape index (κ1) is 12.8. The second kappa shape index (κ2) is 5.70. The van der Waals surface area contributed by atoms with E-state index in [1.165, 1.54) is 18.2 Å². The average Bonchev–Trinajstić information content (AvgIpc) is 2.24. The predicted octanol–water partition coefficient (Wildman–Crippen LogP) is 3.88. The molecular weight excluding hydrogens is 217 g/mol. The molecular formula is C12H13F3O. The smallest absolute Gasteiger partial charge is 0.364 e. The number of hydrogen-bond acceptors (Lipinski definition) is 1. The summed E-state index contributed by atoms with van der Waals surface area (Å²) in [5, 5.41) is 0. The third-order valence-corrected chi connectivity index (χ3v) is 2.01. The minimum atomic E-state index is -4.39. The first-order chi connectivity index (χ1) is 7.55. The van der Waals surface area contributed by atoms with E-state index in [9.17, 15) is 13.2 Å². The Morgan fingerprint density at radius 3 is 2.38 bits per heavy atom. The van der Waals surface area contributed by atoms with E-state index >= 15 is 0 Å². The van der Waals surface area contributed by atoms with Gasteiger partial charge in [0.25, 0.3) is 0 Å². The van der Waals surface area contributed by atoms with Crippen LogP contribution in [0.2, 0.25) is 0 Å². The van der Waals surface area contributed by atoms with Gasteiger partial charge in [0.05, 0.1) is 6.61 Å². The van der Waals surface area contributed by atoms with Gasteiger partial charge in [0, 0.05) is 0 Å². The van der Waals surface area contributed by atoms with Crippen molar-refractivity contribution in [1.82, 2.24) is 0 Å². The lowest BCUT2D eigenvalue weighted by atomic mass is 10.1. The number of hydrogen-bond donors (Lipinski definition) is 0. The lowest BCUT2D eigenvalue weighted by Gasteiger charge is -2.20. The highest BCUT2D eigenvalue weighted by Crippen LogP contribution is 2.35. The Bertz CT molecular complexity index is 319. The van der Waals surface area contributed by atoms with Crippen molar-refractivity contribution in [3.63, 3.8) is 0 Å². The zero-order chi connectivity index (χ0) is 12.0. The van der Waals surface area contributed by atoms with E-state index in [1.54, 1.807) is 18.2 Å². The molecule has 16 heavy (non-hydrogen) atoms.